The fourth-order valence-electron chi connectivity index (χ4n) is 2.81. The molecule has 1 heterocycles. The highest BCUT2D eigenvalue weighted by molar-refractivity contribution is 9.10. The van der Waals surface area contributed by atoms with Crippen LogP contribution in [0.5, 0.6) is 5.75 Å². The van der Waals surface area contributed by atoms with Crippen molar-refractivity contribution < 1.29 is 9.47 Å². The molecule has 1 aromatic rings. The first kappa shape index (κ1) is 12.0. The summed E-state index contributed by atoms with van der Waals surface area (Å²) in [5.41, 5.74) is 0.857. The zero-order chi connectivity index (χ0) is 12.8. The molecule has 0 radical (unpaired) electrons. The lowest BCUT2D eigenvalue weighted by Crippen LogP contribution is -2.53. The van der Waals surface area contributed by atoms with Crippen LogP contribution >= 0.6 is 15.9 Å². The van der Waals surface area contributed by atoms with Gasteiger partial charge >= 0.3 is 0 Å². The maximum absolute atomic E-state index is 9.45. The van der Waals surface area contributed by atoms with Crippen LogP contribution in [0.25, 0.3) is 0 Å². The van der Waals surface area contributed by atoms with Crippen LogP contribution in [0.2, 0.25) is 0 Å². The molecular formula is C14H14BrNO2. The van der Waals surface area contributed by atoms with Crippen LogP contribution in [-0.4, -0.2) is 20.3 Å². The Balaban J connectivity index is 2.03. The third kappa shape index (κ3) is 1.44. The molecule has 18 heavy (non-hydrogen) atoms. The average molecular weight is 308 g/mol. The van der Waals surface area contributed by atoms with Gasteiger partial charge in [0.1, 0.15) is 5.75 Å². The molecule has 1 aromatic carbocycles. The molecule has 4 heteroatoms. The molecule has 0 bridgehead atoms. The number of rotatable bonds is 3. The van der Waals surface area contributed by atoms with E-state index in [0.717, 1.165) is 23.1 Å². The van der Waals surface area contributed by atoms with E-state index < -0.39 is 0 Å². The molecule has 0 spiro atoms. The second-order valence-electron chi connectivity index (χ2n) is 5.12. The van der Waals surface area contributed by atoms with Crippen LogP contribution in [0.4, 0.5) is 0 Å². The van der Waals surface area contributed by atoms with E-state index in [1.807, 2.05) is 6.07 Å². The highest BCUT2D eigenvalue weighted by Gasteiger charge is 2.64. The van der Waals surface area contributed by atoms with Crippen LogP contribution in [-0.2, 0) is 10.2 Å². The molecule has 0 amide bonds. The Kier molecular flexibility index (Phi) is 2.65. The monoisotopic (exact) mass is 307 g/mol. The number of ether oxygens (including phenoxy) is 2. The number of halogens is 1. The maximum atomic E-state index is 9.45. The second-order valence-corrected chi connectivity index (χ2v) is 5.97. The zero-order valence-corrected chi connectivity index (χ0v) is 11.8. The van der Waals surface area contributed by atoms with Gasteiger partial charge in [0, 0.05) is 0 Å². The number of methoxy groups -OCH3 is 1. The topological polar surface area (TPSA) is 42.2 Å². The summed E-state index contributed by atoms with van der Waals surface area (Å²) < 4.78 is 11.6. The van der Waals surface area contributed by atoms with Crippen molar-refractivity contribution in [2.45, 2.75) is 18.3 Å². The molecule has 1 saturated carbocycles. The predicted octanol–water partition coefficient (Wildman–Crippen LogP) is 3.03. The molecule has 2 aliphatic rings. The SMILES string of the molecule is COc1ccc(C2(C3(C#N)CC3)COC2)cc1Br. The molecule has 94 valence electrons. The van der Waals surface area contributed by atoms with Crippen LogP contribution in [0.1, 0.15) is 18.4 Å². The van der Waals surface area contributed by atoms with Gasteiger partial charge in [0.05, 0.1) is 41.7 Å². The Morgan fingerprint density at radius 1 is 1.39 bits per heavy atom. The van der Waals surface area contributed by atoms with Crippen LogP contribution in [0, 0.1) is 16.7 Å². The Labute approximate surface area is 115 Å². The minimum Gasteiger partial charge on any atom is -0.496 e. The standard InChI is InChI=1S/C14H14BrNO2/c1-17-12-3-2-10(6-11(12)15)14(8-18-9-14)13(7-16)4-5-13/h2-3,6H,4-5,8-9H2,1H3. The Hall–Kier alpha value is -1.05. The van der Waals surface area contributed by atoms with E-state index in [1.54, 1.807) is 7.11 Å². The first-order chi connectivity index (χ1) is 8.67. The van der Waals surface area contributed by atoms with Gasteiger partial charge in [0.25, 0.3) is 0 Å². The van der Waals surface area contributed by atoms with Gasteiger partial charge < -0.3 is 9.47 Å². The molecular weight excluding hydrogens is 294 g/mol. The van der Waals surface area contributed by atoms with Crippen LogP contribution in [0.15, 0.2) is 22.7 Å². The van der Waals surface area contributed by atoms with Crippen molar-refractivity contribution >= 4 is 15.9 Å². The first-order valence-corrected chi connectivity index (χ1v) is 6.80. The minimum absolute atomic E-state index is 0.115. The van der Waals surface area contributed by atoms with Gasteiger partial charge in [-0.1, -0.05) is 6.07 Å². The molecule has 0 atom stereocenters. The highest BCUT2D eigenvalue weighted by atomic mass is 79.9. The molecule has 0 unspecified atom stereocenters. The lowest BCUT2D eigenvalue weighted by atomic mass is 9.66. The predicted molar refractivity (Wildman–Crippen MR) is 70.5 cm³/mol. The van der Waals surface area contributed by atoms with E-state index in [-0.39, 0.29) is 10.8 Å². The molecule has 0 N–H and O–H groups in total. The van der Waals surface area contributed by atoms with Crippen molar-refractivity contribution in [1.82, 2.24) is 0 Å². The van der Waals surface area contributed by atoms with E-state index in [0.29, 0.717) is 13.2 Å². The fourth-order valence-corrected chi connectivity index (χ4v) is 3.35. The van der Waals surface area contributed by atoms with Gasteiger partial charge in [-0.05, 0) is 46.5 Å². The third-order valence-electron chi connectivity index (χ3n) is 4.28. The van der Waals surface area contributed by atoms with Crippen LogP contribution < -0.4 is 4.74 Å². The summed E-state index contributed by atoms with van der Waals surface area (Å²) >= 11 is 3.51. The van der Waals surface area contributed by atoms with Crippen molar-refractivity contribution in [1.29, 1.82) is 5.26 Å². The average Bonchev–Trinajstić information content (AvgIpc) is 3.09. The Morgan fingerprint density at radius 2 is 2.11 bits per heavy atom. The molecule has 1 aliphatic heterocycles. The van der Waals surface area contributed by atoms with Crippen LogP contribution in [0.3, 0.4) is 0 Å². The Morgan fingerprint density at radius 3 is 2.50 bits per heavy atom. The van der Waals surface area contributed by atoms with Gasteiger partial charge in [0.15, 0.2) is 0 Å². The van der Waals surface area contributed by atoms with Crippen molar-refractivity contribution in [3.05, 3.63) is 28.2 Å². The highest BCUT2D eigenvalue weighted by Crippen LogP contribution is 2.62. The zero-order valence-electron chi connectivity index (χ0n) is 10.2. The van der Waals surface area contributed by atoms with E-state index in [9.17, 15) is 5.26 Å². The maximum Gasteiger partial charge on any atom is 0.133 e. The first-order valence-electron chi connectivity index (χ1n) is 6.00. The van der Waals surface area contributed by atoms with Crippen molar-refractivity contribution in [2.75, 3.05) is 20.3 Å². The molecule has 3 nitrogen and oxygen atoms in total. The fraction of sp³-hybridized carbons (Fsp3) is 0.500. The molecule has 1 aliphatic carbocycles. The molecule has 2 fully saturated rings. The lowest BCUT2D eigenvalue weighted by molar-refractivity contribution is -0.0867. The largest absolute Gasteiger partial charge is 0.496 e. The van der Waals surface area contributed by atoms with E-state index in [1.165, 1.54) is 5.56 Å². The van der Waals surface area contributed by atoms with Gasteiger partial charge in [-0.2, -0.15) is 5.26 Å². The summed E-state index contributed by atoms with van der Waals surface area (Å²) in [7, 11) is 1.65. The quantitative estimate of drug-likeness (QED) is 0.862. The molecule has 1 saturated heterocycles. The van der Waals surface area contributed by atoms with Gasteiger partial charge in [-0.25, -0.2) is 0 Å². The third-order valence-corrected chi connectivity index (χ3v) is 4.90. The summed E-state index contributed by atoms with van der Waals surface area (Å²) in [5.74, 6) is 0.816. The smallest absolute Gasteiger partial charge is 0.133 e. The summed E-state index contributed by atoms with van der Waals surface area (Å²) in [6.07, 6.45) is 1.97. The second kappa shape index (κ2) is 3.97. The number of benzene rings is 1. The number of nitriles is 1. The van der Waals surface area contributed by atoms with Gasteiger partial charge in [-0.15, -0.1) is 0 Å². The summed E-state index contributed by atoms with van der Waals surface area (Å²) in [6.45, 7) is 1.30. The van der Waals surface area contributed by atoms with Gasteiger partial charge in [0.2, 0.25) is 0 Å². The van der Waals surface area contributed by atoms with Gasteiger partial charge in [-0.3, -0.25) is 0 Å². The minimum atomic E-state index is -0.209. The normalized spacial score (nSPS) is 22.7. The van der Waals surface area contributed by atoms with E-state index in [2.05, 4.69) is 34.1 Å². The molecule has 3 rings (SSSR count). The van der Waals surface area contributed by atoms with Crippen molar-refractivity contribution in [3.8, 4) is 11.8 Å². The van der Waals surface area contributed by atoms with Crippen molar-refractivity contribution in [2.24, 2.45) is 5.41 Å². The van der Waals surface area contributed by atoms with E-state index >= 15 is 0 Å². The number of hydrogen-bond acceptors (Lipinski definition) is 3. The van der Waals surface area contributed by atoms with Crippen molar-refractivity contribution in [3.63, 3.8) is 0 Å². The summed E-state index contributed by atoms with van der Waals surface area (Å²) in [6, 6.07) is 8.59. The van der Waals surface area contributed by atoms with E-state index in [4.69, 9.17) is 9.47 Å². The molecule has 0 aromatic heterocycles. The summed E-state index contributed by atoms with van der Waals surface area (Å²) in [4.78, 5) is 0. The lowest BCUT2D eigenvalue weighted by Gasteiger charge is -2.45. The number of nitrogens with zero attached hydrogens (tertiary/aromatic N) is 1. The number of hydrogen-bond donors (Lipinski definition) is 0. The Bertz CT molecular complexity index is 527. The summed E-state index contributed by atoms with van der Waals surface area (Å²) in [5, 5.41) is 9.45.